The Morgan fingerprint density at radius 3 is 2.67 bits per heavy atom. The number of hydrogen-bond acceptors (Lipinski definition) is 1. The van der Waals surface area contributed by atoms with Gasteiger partial charge in [-0.15, -0.1) is 0 Å². The summed E-state index contributed by atoms with van der Waals surface area (Å²) >= 11 is 6.15. The van der Waals surface area contributed by atoms with Crippen LogP contribution < -0.4 is 0 Å². The Labute approximate surface area is 77.6 Å². The number of imidazole rings is 1. The van der Waals surface area contributed by atoms with Crippen molar-refractivity contribution in [3.8, 4) is 0 Å². The quantitative estimate of drug-likeness (QED) is 0.691. The van der Waals surface area contributed by atoms with Gasteiger partial charge in [0.15, 0.2) is 0 Å². The Kier molecular flexibility index (Phi) is 1.87. The second kappa shape index (κ2) is 2.77. The van der Waals surface area contributed by atoms with Crippen LogP contribution in [0.2, 0.25) is 5.15 Å². The van der Waals surface area contributed by atoms with Crippen molar-refractivity contribution in [1.82, 2.24) is 9.55 Å². The highest BCUT2D eigenvalue weighted by Crippen LogP contribution is 2.38. The van der Waals surface area contributed by atoms with Gasteiger partial charge in [-0.3, -0.25) is 0 Å². The molecule has 0 bridgehead atoms. The molecule has 1 aliphatic rings. The molecule has 0 spiro atoms. The monoisotopic (exact) mass is 184 g/mol. The van der Waals surface area contributed by atoms with Crippen LogP contribution in [0.4, 0.5) is 0 Å². The molecule has 1 aliphatic carbocycles. The normalized spacial score (nSPS) is 17.3. The Bertz CT molecular complexity index is 267. The van der Waals surface area contributed by atoms with Gasteiger partial charge in [0.2, 0.25) is 0 Å². The highest BCUT2D eigenvalue weighted by atomic mass is 35.5. The molecule has 0 aromatic carbocycles. The minimum absolute atomic E-state index is 0.428. The van der Waals surface area contributed by atoms with Gasteiger partial charge >= 0.3 is 0 Å². The van der Waals surface area contributed by atoms with Crippen LogP contribution >= 0.6 is 11.6 Å². The number of rotatable bonds is 2. The van der Waals surface area contributed by atoms with E-state index in [0.717, 1.165) is 10.8 Å². The first-order valence-corrected chi connectivity index (χ1v) is 4.80. The fourth-order valence-corrected chi connectivity index (χ4v) is 1.80. The molecule has 0 unspecified atom stereocenters. The van der Waals surface area contributed by atoms with Gasteiger partial charge in [-0.25, -0.2) is 4.98 Å². The molecule has 0 amide bonds. The number of hydrogen-bond donors (Lipinski definition) is 0. The Morgan fingerprint density at radius 1 is 1.58 bits per heavy atom. The van der Waals surface area contributed by atoms with Crippen molar-refractivity contribution in [2.75, 3.05) is 0 Å². The summed E-state index contributed by atoms with van der Waals surface area (Å²) in [7, 11) is 0. The first-order chi connectivity index (χ1) is 5.70. The van der Waals surface area contributed by atoms with Crippen molar-refractivity contribution in [2.45, 2.75) is 38.6 Å². The van der Waals surface area contributed by atoms with E-state index >= 15 is 0 Å². The maximum absolute atomic E-state index is 6.15. The van der Waals surface area contributed by atoms with Crippen LogP contribution in [-0.4, -0.2) is 9.55 Å². The van der Waals surface area contributed by atoms with E-state index in [1.165, 1.54) is 12.8 Å². The fraction of sp³-hybridized carbons (Fsp3) is 0.667. The lowest BCUT2D eigenvalue weighted by Crippen LogP contribution is -1.93. The maximum atomic E-state index is 6.15. The number of halogens is 1. The molecular weight excluding hydrogens is 172 g/mol. The van der Waals surface area contributed by atoms with Crippen LogP contribution in [0.5, 0.6) is 0 Å². The van der Waals surface area contributed by atoms with Gasteiger partial charge in [0.1, 0.15) is 5.15 Å². The Balaban J connectivity index is 2.33. The smallest absolute Gasteiger partial charge is 0.132 e. The van der Waals surface area contributed by atoms with Crippen LogP contribution in [0.25, 0.3) is 0 Å². The minimum atomic E-state index is 0.428. The first kappa shape index (κ1) is 8.11. The molecule has 0 saturated heterocycles. The van der Waals surface area contributed by atoms with E-state index in [4.69, 9.17) is 11.6 Å². The lowest BCUT2D eigenvalue weighted by atomic mass is 10.2. The summed E-state index contributed by atoms with van der Waals surface area (Å²) < 4.78 is 2.09. The molecule has 2 rings (SSSR count). The van der Waals surface area contributed by atoms with Crippen molar-refractivity contribution in [3.63, 3.8) is 0 Å². The largest absolute Gasteiger partial charge is 0.318 e. The summed E-state index contributed by atoms with van der Waals surface area (Å²) in [5.41, 5.74) is 1.03. The zero-order chi connectivity index (χ0) is 8.72. The summed E-state index contributed by atoms with van der Waals surface area (Å²) in [6.07, 6.45) is 4.39. The zero-order valence-corrected chi connectivity index (χ0v) is 8.17. The molecule has 3 heteroatoms. The molecule has 0 radical (unpaired) electrons. The third-order valence-corrected chi connectivity index (χ3v) is 2.64. The first-order valence-electron chi connectivity index (χ1n) is 4.42. The van der Waals surface area contributed by atoms with Crippen molar-refractivity contribution in [1.29, 1.82) is 0 Å². The highest BCUT2D eigenvalue weighted by Gasteiger charge is 2.26. The van der Waals surface area contributed by atoms with Crippen molar-refractivity contribution >= 4 is 11.6 Å². The SMILES string of the molecule is CC(C)c1ncn(C2CC2)c1Cl. The van der Waals surface area contributed by atoms with E-state index in [2.05, 4.69) is 23.4 Å². The van der Waals surface area contributed by atoms with E-state index in [1.807, 2.05) is 6.33 Å². The van der Waals surface area contributed by atoms with Crippen LogP contribution in [0.1, 0.15) is 44.3 Å². The molecular formula is C9H13ClN2. The summed E-state index contributed by atoms with van der Waals surface area (Å²) in [4.78, 5) is 4.31. The van der Waals surface area contributed by atoms with Gasteiger partial charge in [-0.1, -0.05) is 25.4 Å². The van der Waals surface area contributed by atoms with Gasteiger partial charge in [0, 0.05) is 6.04 Å². The molecule has 1 aromatic heterocycles. The predicted molar refractivity (Wildman–Crippen MR) is 49.6 cm³/mol. The lowest BCUT2D eigenvalue weighted by Gasteiger charge is -2.02. The molecule has 1 heterocycles. The van der Waals surface area contributed by atoms with E-state index in [1.54, 1.807) is 0 Å². The van der Waals surface area contributed by atoms with Crippen LogP contribution in [0, 0.1) is 0 Å². The average Bonchev–Trinajstić information content (AvgIpc) is 2.75. The van der Waals surface area contributed by atoms with Crippen LogP contribution in [0.3, 0.4) is 0 Å². The second-order valence-electron chi connectivity index (χ2n) is 3.71. The summed E-state index contributed by atoms with van der Waals surface area (Å²) in [6, 6.07) is 0.637. The molecule has 0 aliphatic heterocycles. The topological polar surface area (TPSA) is 17.8 Å². The van der Waals surface area contributed by atoms with E-state index < -0.39 is 0 Å². The minimum Gasteiger partial charge on any atom is -0.318 e. The van der Waals surface area contributed by atoms with E-state index in [-0.39, 0.29) is 0 Å². The van der Waals surface area contributed by atoms with Gasteiger partial charge in [-0.05, 0) is 18.8 Å². The van der Waals surface area contributed by atoms with Gasteiger partial charge in [-0.2, -0.15) is 0 Å². The third kappa shape index (κ3) is 1.24. The molecule has 1 aromatic rings. The van der Waals surface area contributed by atoms with Crippen molar-refractivity contribution in [3.05, 3.63) is 17.2 Å². The molecule has 0 N–H and O–H groups in total. The Hall–Kier alpha value is -0.500. The van der Waals surface area contributed by atoms with Gasteiger partial charge in [0.25, 0.3) is 0 Å². The third-order valence-electron chi connectivity index (χ3n) is 2.25. The summed E-state index contributed by atoms with van der Waals surface area (Å²) in [6.45, 7) is 4.23. The lowest BCUT2D eigenvalue weighted by molar-refractivity contribution is 0.738. The number of aromatic nitrogens is 2. The molecule has 1 saturated carbocycles. The summed E-state index contributed by atoms with van der Waals surface area (Å²) in [5, 5.41) is 0.840. The van der Waals surface area contributed by atoms with E-state index in [9.17, 15) is 0 Å². The highest BCUT2D eigenvalue weighted by molar-refractivity contribution is 6.30. The molecule has 0 atom stereocenters. The zero-order valence-electron chi connectivity index (χ0n) is 7.42. The number of nitrogens with zero attached hydrogens (tertiary/aromatic N) is 2. The second-order valence-corrected chi connectivity index (χ2v) is 4.07. The van der Waals surface area contributed by atoms with Crippen molar-refractivity contribution in [2.24, 2.45) is 0 Å². The van der Waals surface area contributed by atoms with Crippen LogP contribution in [-0.2, 0) is 0 Å². The average molecular weight is 185 g/mol. The molecule has 2 nitrogen and oxygen atoms in total. The standard InChI is InChI=1S/C9H13ClN2/c1-6(2)8-9(10)12(5-11-8)7-3-4-7/h5-7H,3-4H2,1-2H3. The molecule has 66 valence electrons. The van der Waals surface area contributed by atoms with Gasteiger partial charge < -0.3 is 4.57 Å². The van der Waals surface area contributed by atoms with E-state index in [0.29, 0.717) is 12.0 Å². The maximum Gasteiger partial charge on any atom is 0.132 e. The van der Waals surface area contributed by atoms with Crippen molar-refractivity contribution < 1.29 is 0 Å². The predicted octanol–water partition coefficient (Wildman–Crippen LogP) is 2.99. The molecule has 1 fully saturated rings. The summed E-state index contributed by atoms with van der Waals surface area (Å²) in [5.74, 6) is 0.428. The fourth-order valence-electron chi connectivity index (χ4n) is 1.36. The van der Waals surface area contributed by atoms with Crippen LogP contribution in [0.15, 0.2) is 6.33 Å². The molecule has 12 heavy (non-hydrogen) atoms. The Morgan fingerprint density at radius 2 is 2.25 bits per heavy atom. The van der Waals surface area contributed by atoms with Gasteiger partial charge in [0.05, 0.1) is 12.0 Å².